The quantitative estimate of drug-likeness (QED) is 0.661. The van der Waals surface area contributed by atoms with Crippen LogP contribution in [0.2, 0.25) is 0 Å². The second kappa shape index (κ2) is 7.40. The van der Waals surface area contributed by atoms with E-state index in [1.54, 1.807) is 36.0 Å². The van der Waals surface area contributed by atoms with Crippen molar-refractivity contribution in [3.63, 3.8) is 0 Å². The van der Waals surface area contributed by atoms with Gasteiger partial charge in [-0.1, -0.05) is 23.9 Å². The molecule has 1 aromatic heterocycles. The molecule has 0 atom stereocenters. The summed E-state index contributed by atoms with van der Waals surface area (Å²) in [6.07, 6.45) is 2.00. The average molecular weight is 418 g/mol. The number of anilines is 1. The highest BCUT2D eigenvalue weighted by atomic mass is 32.2. The summed E-state index contributed by atoms with van der Waals surface area (Å²) in [6, 6.07) is 11.7. The van der Waals surface area contributed by atoms with Crippen LogP contribution in [0.4, 0.5) is 5.69 Å². The highest BCUT2D eigenvalue weighted by Crippen LogP contribution is 2.32. The fourth-order valence-corrected chi connectivity index (χ4v) is 5.00. The van der Waals surface area contributed by atoms with Crippen molar-refractivity contribution in [2.24, 2.45) is 0 Å². The summed E-state index contributed by atoms with van der Waals surface area (Å²) in [5, 5.41) is 0.992. The van der Waals surface area contributed by atoms with Crippen molar-refractivity contribution in [2.75, 3.05) is 24.7 Å². The molecule has 9 heteroatoms. The molecular formula is C19H19N3O4S2. The Bertz CT molecular complexity index is 1100. The number of nitrogens with one attached hydrogen (secondary N) is 1. The van der Waals surface area contributed by atoms with E-state index in [2.05, 4.69) is 14.3 Å². The molecule has 0 saturated heterocycles. The monoisotopic (exact) mass is 417 g/mol. The van der Waals surface area contributed by atoms with Crippen LogP contribution in [-0.4, -0.2) is 37.9 Å². The first-order valence-corrected chi connectivity index (χ1v) is 11.0. The number of aryl methyl sites for hydroxylation is 1. The highest BCUT2D eigenvalue weighted by molar-refractivity contribution is 7.99. The van der Waals surface area contributed by atoms with Crippen LogP contribution < -0.4 is 14.2 Å². The van der Waals surface area contributed by atoms with Gasteiger partial charge in [0.15, 0.2) is 16.7 Å². The van der Waals surface area contributed by atoms with Gasteiger partial charge in [-0.05, 0) is 24.3 Å². The topological polar surface area (TPSA) is 82.5 Å². The van der Waals surface area contributed by atoms with E-state index in [-0.39, 0.29) is 4.90 Å². The molecule has 1 aliphatic rings. The van der Waals surface area contributed by atoms with Gasteiger partial charge >= 0.3 is 0 Å². The first-order valence-electron chi connectivity index (χ1n) is 8.55. The van der Waals surface area contributed by atoms with Gasteiger partial charge in [0.05, 0.1) is 24.8 Å². The summed E-state index contributed by atoms with van der Waals surface area (Å²) in [6.45, 7) is 0.943. The van der Waals surface area contributed by atoms with E-state index in [1.165, 1.54) is 26.4 Å². The lowest BCUT2D eigenvalue weighted by molar-refractivity contribution is 0.354. The Balaban J connectivity index is 1.61. The van der Waals surface area contributed by atoms with Crippen LogP contribution in [-0.2, 0) is 16.6 Å². The normalized spacial score (nSPS) is 13.2. The molecule has 2 heterocycles. The number of methoxy groups -OCH3 is 2. The van der Waals surface area contributed by atoms with Crippen molar-refractivity contribution in [3.8, 4) is 22.8 Å². The summed E-state index contributed by atoms with van der Waals surface area (Å²) in [5.41, 5.74) is 2.15. The SMILES string of the molecule is COc1ccc(S(=O)(=O)Nc2cccc(-c3cn4c(n3)SCC4)c2)cc1OC. The molecule has 7 nitrogen and oxygen atoms in total. The Kier molecular flexibility index (Phi) is 4.94. The molecule has 0 saturated carbocycles. The minimum atomic E-state index is -3.78. The molecule has 3 aromatic rings. The van der Waals surface area contributed by atoms with Crippen LogP contribution in [0.1, 0.15) is 0 Å². The van der Waals surface area contributed by atoms with E-state index >= 15 is 0 Å². The van der Waals surface area contributed by atoms with Gasteiger partial charge in [0, 0.05) is 35.8 Å². The van der Waals surface area contributed by atoms with Gasteiger partial charge < -0.3 is 14.0 Å². The number of ether oxygens (including phenoxy) is 2. The van der Waals surface area contributed by atoms with E-state index in [0.717, 1.165) is 28.7 Å². The first kappa shape index (κ1) is 18.7. The van der Waals surface area contributed by atoms with Gasteiger partial charge in [-0.2, -0.15) is 0 Å². The van der Waals surface area contributed by atoms with Crippen LogP contribution in [0, 0.1) is 0 Å². The Morgan fingerprint density at radius 2 is 1.93 bits per heavy atom. The third kappa shape index (κ3) is 3.55. The van der Waals surface area contributed by atoms with E-state index in [9.17, 15) is 8.42 Å². The molecule has 1 aliphatic heterocycles. The number of aromatic nitrogens is 2. The molecule has 0 amide bonds. The number of fused-ring (bicyclic) bond motifs is 1. The lowest BCUT2D eigenvalue weighted by Crippen LogP contribution is -2.13. The number of imidazole rings is 1. The van der Waals surface area contributed by atoms with E-state index in [1.807, 2.05) is 12.3 Å². The van der Waals surface area contributed by atoms with Crippen LogP contribution in [0.3, 0.4) is 0 Å². The second-order valence-corrected chi connectivity index (χ2v) is 8.90. The maximum Gasteiger partial charge on any atom is 0.262 e. The van der Waals surface area contributed by atoms with Crippen LogP contribution in [0.5, 0.6) is 11.5 Å². The maximum absolute atomic E-state index is 12.8. The van der Waals surface area contributed by atoms with Gasteiger partial charge in [-0.25, -0.2) is 13.4 Å². The van der Waals surface area contributed by atoms with E-state index < -0.39 is 10.0 Å². The smallest absolute Gasteiger partial charge is 0.262 e. The van der Waals surface area contributed by atoms with Crippen molar-refractivity contribution < 1.29 is 17.9 Å². The van der Waals surface area contributed by atoms with Gasteiger partial charge in [0.25, 0.3) is 10.0 Å². The summed E-state index contributed by atoms with van der Waals surface area (Å²) in [7, 11) is -0.818. The maximum atomic E-state index is 12.8. The lowest BCUT2D eigenvalue weighted by atomic mass is 10.1. The average Bonchev–Trinajstić information content (AvgIpc) is 3.29. The number of hydrogen-bond acceptors (Lipinski definition) is 6. The standard InChI is InChI=1S/C19H19N3O4S2/c1-25-17-7-6-15(11-18(17)26-2)28(23,24)21-14-5-3-4-13(10-14)16-12-22-8-9-27-19(22)20-16/h3-7,10-12,21H,8-9H2,1-2H3. The molecular weight excluding hydrogens is 398 g/mol. The molecule has 4 rings (SSSR count). The van der Waals surface area contributed by atoms with Gasteiger partial charge in [-0.3, -0.25) is 4.72 Å². The zero-order valence-electron chi connectivity index (χ0n) is 15.4. The fourth-order valence-electron chi connectivity index (χ4n) is 2.99. The minimum absolute atomic E-state index is 0.0907. The third-order valence-corrected chi connectivity index (χ3v) is 6.73. The Labute approximate surface area is 167 Å². The Morgan fingerprint density at radius 3 is 2.68 bits per heavy atom. The molecule has 0 radical (unpaired) electrons. The van der Waals surface area contributed by atoms with Crippen molar-refractivity contribution in [2.45, 2.75) is 16.6 Å². The predicted octanol–water partition coefficient (Wildman–Crippen LogP) is 3.47. The van der Waals surface area contributed by atoms with Crippen molar-refractivity contribution in [3.05, 3.63) is 48.7 Å². The predicted molar refractivity (Wildman–Crippen MR) is 109 cm³/mol. The number of nitrogens with zero attached hydrogens (tertiary/aromatic N) is 2. The largest absolute Gasteiger partial charge is 0.493 e. The van der Waals surface area contributed by atoms with Gasteiger partial charge in [0.2, 0.25) is 0 Å². The number of benzene rings is 2. The second-order valence-electron chi connectivity index (χ2n) is 6.15. The number of sulfonamides is 1. The molecule has 0 bridgehead atoms. The summed E-state index contributed by atoms with van der Waals surface area (Å²) in [5.74, 6) is 1.85. The van der Waals surface area contributed by atoms with Crippen LogP contribution >= 0.6 is 11.8 Å². The minimum Gasteiger partial charge on any atom is -0.493 e. The summed E-state index contributed by atoms with van der Waals surface area (Å²) >= 11 is 1.72. The number of thioether (sulfide) groups is 1. The molecule has 1 N–H and O–H groups in total. The molecule has 0 fully saturated rings. The summed E-state index contributed by atoms with van der Waals surface area (Å²) < 4.78 is 40.7. The van der Waals surface area contributed by atoms with Gasteiger partial charge in [0.1, 0.15) is 0 Å². The zero-order chi connectivity index (χ0) is 19.7. The number of rotatable bonds is 6. The van der Waals surface area contributed by atoms with Crippen LogP contribution in [0.15, 0.2) is 58.7 Å². The highest BCUT2D eigenvalue weighted by Gasteiger charge is 2.19. The molecule has 0 aliphatic carbocycles. The zero-order valence-corrected chi connectivity index (χ0v) is 17.0. The van der Waals surface area contributed by atoms with Crippen molar-refractivity contribution in [1.29, 1.82) is 0 Å². The number of hydrogen-bond donors (Lipinski definition) is 1. The lowest BCUT2D eigenvalue weighted by Gasteiger charge is -2.12. The van der Waals surface area contributed by atoms with Crippen molar-refractivity contribution in [1.82, 2.24) is 9.55 Å². The third-order valence-electron chi connectivity index (χ3n) is 4.38. The molecule has 0 unspecified atom stereocenters. The first-order chi connectivity index (χ1) is 13.5. The van der Waals surface area contributed by atoms with Crippen molar-refractivity contribution >= 4 is 27.5 Å². The fraction of sp³-hybridized carbons (Fsp3) is 0.211. The molecule has 28 heavy (non-hydrogen) atoms. The van der Waals surface area contributed by atoms with Gasteiger partial charge in [-0.15, -0.1) is 0 Å². The Hall–Kier alpha value is -2.65. The van der Waals surface area contributed by atoms with Crippen LogP contribution in [0.25, 0.3) is 11.3 Å². The Morgan fingerprint density at radius 1 is 1.11 bits per heavy atom. The summed E-state index contributed by atoms with van der Waals surface area (Å²) in [4.78, 5) is 4.71. The molecule has 2 aromatic carbocycles. The molecule has 0 spiro atoms. The molecule has 146 valence electrons. The van der Waals surface area contributed by atoms with E-state index in [0.29, 0.717) is 17.2 Å². The van der Waals surface area contributed by atoms with E-state index in [4.69, 9.17) is 9.47 Å².